The predicted molar refractivity (Wildman–Crippen MR) is 107 cm³/mol. The number of nitrogens with zero attached hydrogens (tertiary/aromatic N) is 2. The molecule has 142 valence electrons. The van der Waals surface area contributed by atoms with Crippen LogP contribution >= 0.6 is 11.6 Å². The molecule has 0 aliphatic heterocycles. The first-order valence-corrected chi connectivity index (χ1v) is 9.15. The molecule has 2 aromatic carbocycles. The fraction of sp³-hybridized carbons (Fsp3) is 0.143. The fourth-order valence-electron chi connectivity index (χ4n) is 3.39. The molecule has 1 N–H and O–H groups in total. The van der Waals surface area contributed by atoms with Gasteiger partial charge in [0.1, 0.15) is 17.2 Å². The average Bonchev–Trinajstić information content (AvgIpc) is 3.27. The second kappa shape index (κ2) is 7.48. The zero-order valence-corrected chi connectivity index (χ0v) is 15.8. The van der Waals surface area contributed by atoms with E-state index in [1.165, 1.54) is 17.0 Å². The number of nitrogens with one attached hydrogen (secondary N) is 1. The average molecular weight is 398 g/mol. The molecule has 28 heavy (non-hydrogen) atoms. The number of carbonyl (C=O) groups is 1. The first-order valence-electron chi connectivity index (χ1n) is 8.77. The minimum atomic E-state index is -0.524. The van der Waals surface area contributed by atoms with E-state index < -0.39 is 5.82 Å². The van der Waals surface area contributed by atoms with Crippen LogP contribution in [0.5, 0.6) is 0 Å². The Balaban J connectivity index is 1.68. The summed E-state index contributed by atoms with van der Waals surface area (Å²) < 4.78 is 19.7. The van der Waals surface area contributed by atoms with Gasteiger partial charge in [-0.25, -0.2) is 4.39 Å². The summed E-state index contributed by atoms with van der Waals surface area (Å²) in [4.78, 5) is 16.6. The summed E-state index contributed by atoms with van der Waals surface area (Å²) >= 11 is 6.18. The van der Waals surface area contributed by atoms with Crippen LogP contribution in [-0.4, -0.2) is 23.1 Å². The Kier molecular flexibility index (Phi) is 4.88. The Morgan fingerprint density at radius 1 is 1.25 bits per heavy atom. The molecule has 0 atom stereocenters. The second-order valence-corrected chi connectivity index (χ2v) is 6.85. The number of H-pyrrole nitrogens is 1. The third-order valence-corrected chi connectivity index (χ3v) is 5.06. The van der Waals surface area contributed by atoms with Gasteiger partial charge in [0, 0.05) is 23.6 Å². The lowest BCUT2D eigenvalue weighted by atomic mass is 10.1. The number of anilines is 1. The van der Waals surface area contributed by atoms with Gasteiger partial charge in [-0.1, -0.05) is 41.0 Å². The number of hydrogen-bond donors (Lipinski definition) is 1. The Morgan fingerprint density at radius 2 is 2.07 bits per heavy atom. The molecule has 0 aliphatic carbocycles. The first-order chi connectivity index (χ1) is 13.6. The van der Waals surface area contributed by atoms with Gasteiger partial charge in [-0.2, -0.15) is 0 Å². The van der Waals surface area contributed by atoms with Crippen molar-refractivity contribution in [1.29, 1.82) is 0 Å². The van der Waals surface area contributed by atoms with Crippen molar-refractivity contribution in [3.8, 4) is 11.3 Å². The Bertz CT molecular complexity index is 1130. The van der Waals surface area contributed by atoms with Crippen molar-refractivity contribution >= 4 is 34.6 Å². The number of aromatic nitrogens is 2. The molecule has 0 radical (unpaired) electrons. The number of aromatic amines is 1. The molecule has 2 heterocycles. The van der Waals surface area contributed by atoms with Crippen molar-refractivity contribution in [2.75, 3.05) is 11.4 Å². The van der Waals surface area contributed by atoms with E-state index in [9.17, 15) is 9.18 Å². The normalized spacial score (nSPS) is 11.1. The van der Waals surface area contributed by atoms with Crippen LogP contribution in [0.15, 0.2) is 53.2 Å². The van der Waals surface area contributed by atoms with Crippen molar-refractivity contribution < 1.29 is 13.7 Å². The SMILES string of the molecule is Cc1onc(-c2c(F)cccc2Cl)c1N(C=O)CCc1c[nH]c2ccccc12. The van der Waals surface area contributed by atoms with Crippen LogP contribution in [0.2, 0.25) is 5.02 Å². The van der Waals surface area contributed by atoms with E-state index in [-0.39, 0.29) is 16.3 Å². The largest absolute Gasteiger partial charge is 0.361 e. The van der Waals surface area contributed by atoms with E-state index in [1.54, 1.807) is 13.0 Å². The molecule has 0 spiro atoms. The minimum Gasteiger partial charge on any atom is -0.361 e. The van der Waals surface area contributed by atoms with Crippen molar-refractivity contribution in [1.82, 2.24) is 10.1 Å². The summed E-state index contributed by atoms with van der Waals surface area (Å²) in [5.74, 6) is -0.107. The Labute approximate surface area is 165 Å². The highest BCUT2D eigenvalue weighted by molar-refractivity contribution is 6.33. The van der Waals surface area contributed by atoms with Crippen LogP contribution in [0.25, 0.3) is 22.2 Å². The van der Waals surface area contributed by atoms with Crippen LogP contribution in [0.4, 0.5) is 10.1 Å². The topological polar surface area (TPSA) is 62.1 Å². The smallest absolute Gasteiger partial charge is 0.214 e. The van der Waals surface area contributed by atoms with E-state index in [0.29, 0.717) is 30.8 Å². The Hall–Kier alpha value is -3.12. The quantitative estimate of drug-likeness (QED) is 0.459. The van der Waals surface area contributed by atoms with Gasteiger partial charge in [-0.3, -0.25) is 4.79 Å². The van der Waals surface area contributed by atoms with E-state index in [0.717, 1.165) is 16.5 Å². The standard InChI is InChI=1S/C21H17ClFN3O2/c1-13-21(20(25-28-13)19-16(22)6-4-7-17(19)23)26(12-27)10-9-14-11-24-18-8-3-2-5-15(14)18/h2-8,11-12,24H,9-10H2,1H3. The lowest BCUT2D eigenvalue weighted by Crippen LogP contribution is -2.24. The summed E-state index contributed by atoms with van der Waals surface area (Å²) in [6, 6.07) is 12.4. The second-order valence-electron chi connectivity index (χ2n) is 6.44. The number of hydrogen-bond acceptors (Lipinski definition) is 3. The van der Waals surface area contributed by atoms with Gasteiger partial charge >= 0.3 is 0 Å². The number of carbonyl (C=O) groups excluding carboxylic acids is 1. The van der Waals surface area contributed by atoms with Gasteiger partial charge in [0.25, 0.3) is 0 Å². The van der Waals surface area contributed by atoms with Crippen LogP contribution in [-0.2, 0) is 11.2 Å². The van der Waals surface area contributed by atoms with Crippen molar-refractivity contribution in [3.63, 3.8) is 0 Å². The van der Waals surface area contributed by atoms with Gasteiger partial charge < -0.3 is 14.4 Å². The number of para-hydroxylation sites is 1. The highest BCUT2D eigenvalue weighted by atomic mass is 35.5. The van der Waals surface area contributed by atoms with Crippen LogP contribution < -0.4 is 4.90 Å². The maximum Gasteiger partial charge on any atom is 0.214 e. The highest BCUT2D eigenvalue weighted by Gasteiger charge is 2.24. The van der Waals surface area contributed by atoms with E-state index >= 15 is 0 Å². The first kappa shape index (κ1) is 18.3. The third kappa shape index (κ3) is 3.16. The summed E-state index contributed by atoms with van der Waals surface area (Å²) in [6.07, 6.45) is 3.24. The minimum absolute atomic E-state index is 0.120. The van der Waals surface area contributed by atoms with Gasteiger partial charge in [-0.15, -0.1) is 0 Å². The number of rotatable bonds is 6. The highest BCUT2D eigenvalue weighted by Crippen LogP contribution is 2.38. The summed E-state index contributed by atoms with van der Waals surface area (Å²) in [5.41, 5.74) is 2.88. The molecule has 0 saturated heterocycles. The number of benzene rings is 2. The van der Waals surface area contributed by atoms with Crippen molar-refractivity contribution in [2.45, 2.75) is 13.3 Å². The molecule has 5 nitrogen and oxygen atoms in total. The van der Waals surface area contributed by atoms with E-state index in [2.05, 4.69) is 10.1 Å². The molecular weight excluding hydrogens is 381 g/mol. The van der Waals surface area contributed by atoms with E-state index in [1.807, 2.05) is 30.5 Å². The summed E-state index contributed by atoms with van der Waals surface area (Å²) in [6.45, 7) is 2.06. The molecule has 0 bridgehead atoms. The molecule has 2 aromatic heterocycles. The maximum absolute atomic E-state index is 14.4. The van der Waals surface area contributed by atoms with Crippen LogP contribution in [0, 0.1) is 12.7 Å². The fourth-order valence-corrected chi connectivity index (χ4v) is 3.64. The number of fused-ring (bicyclic) bond motifs is 1. The van der Waals surface area contributed by atoms with Gasteiger partial charge in [0.2, 0.25) is 6.41 Å². The molecule has 0 unspecified atom stereocenters. The maximum atomic E-state index is 14.4. The predicted octanol–water partition coefficient (Wildman–Crippen LogP) is 5.13. The number of halogens is 2. The zero-order valence-electron chi connectivity index (χ0n) is 15.1. The molecule has 0 fully saturated rings. The van der Waals surface area contributed by atoms with Gasteiger partial charge in [0.05, 0.1) is 10.6 Å². The van der Waals surface area contributed by atoms with Crippen molar-refractivity contribution in [3.05, 3.63) is 70.8 Å². The molecule has 1 amide bonds. The molecule has 7 heteroatoms. The number of aryl methyl sites for hydroxylation is 1. The lowest BCUT2D eigenvalue weighted by molar-refractivity contribution is -0.107. The zero-order chi connectivity index (χ0) is 19.7. The molecular formula is C21H17ClFN3O2. The molecule has 4 rings (SSSR count). The van der Waals surface area contributed by atoms with Crippen molar-refractivity contribution in [2.24, 2.45) is 0 Å². The molecule has 4 aromatic rings. The van der Waals surface area contributed by atoms with Crippen LogP contribution in [0.3, 0.4) is 0 Å². The monoisotopic (exact) mass is 397 g/mol. The molecule has 0 aliphatic rings. The Morgan fingerprint density at radius 3 is 2.86 bits per heavy atom. The van der Waals surface area contributed by atoms with Gasteiger partial charge in [0.15, 0.2) is 5.76 Å². The number of amides is 1. The lowest BCUT2D eigenvalue weighted by Gasteiger charge is -2.18. The summed E-state index contributed by atoms with van der Waals surface area (Å²) in [5, 5.41) is 5.28. The van der Waals surface area contributed by atoms with Crippen LogP contribution in [0.1, 0.15) is 11.3 Å². The summed E-state index contributed by atoms with van der Waals surface area (Å²) in [7, 11) is 0. The third-order valence-electron chi connectivity index (χ3n) is 4.74. The van der Waals surface area contributed by atoms with Gasteiger partial charge in [-0.05, 0) is 37.1 Å². The molecule has 0 saturated carbocycles. The van der Waals surface area contributed by atoms with E-state index in [4.69, 9.17) is 16.1 Å².